The lowest BCUT2D eigenvalue weighted by molar-refractivity contribution is -0.123. The molecule has 4 rings (SSSR count). The number of amides is 2. The third-order valence-electron chi connectivity index (χ3n) is 7.67. The Balaban J connectivity index is 1.53. The van der Waals surface area contributed by atoms with E-state index in [1.54, 1.807) is 30.3 Å². The van der Waals surface area contributed by atoms with Gasteiger partial charge in [-0.05, 0) is 55.0 Å². The van der Waals surface area contributed by atoms with Crippen LogP contribution in [0, 0.1) is 24.2 Å². The minimum atomic E-state index is -0.903. The highest BCUT2D eigenvalue weighted by atomic mass is 16.3. The average Bonchev–Trinajstić information content (AvgIpc) is 3.61. The molecule has 0 spiro atoms. The number of benzene rings is 2. The van der Waals surface area contributed by atoms with Crippen molar-refractivity contribution in [3.8, 4) is 17.8 Å². The molecule has 1 aliphatic carbocycles. The Morgan fingerprint density at radius 3 is 2.29 bits per heavy atom. The summed E-state index contributed by atoms with van der Waals surface area (Å²) in [4.78, 5) is 40.1. The standard InChI is InChI=1S/C32H35N5O5/c1-20-28(32(42)37(34-2)31(20)41)30(40)29(24-10-6-7-11-24)36-27(39)18-25(23-8-4-3-5-9-23)35-26(38)17-16-21-12-14-22(19-33)15-13-21/h3-5,8-9,12-17,24-25,29,34,41-42H,6-7,10-11,18H2,1-2H3,(H,35,38)(H,36,39)/t25-,29-/m0/s1. The molecule has 0 saturated heterocycles. The molecule has 0 radical (unpaired) electrons. The maximum Gasteiger partial charge on any atom is 0.244 e. The number of carbonyl (C=O) groups excluding carboxylic acids is 3. The number of nitriles is 1. The molecule has 0 bridgehead atoms. The van der Waals surface area contributed by atoms with E-state index in [9.17, 15) is 24.6 Å². The molecule has 2 amide bonds. The second-order valence-corrected chi connectivity index (χ2v) is 10.4. The molecule has 10 nitrogen and oxygen atoms in total. The largest absolute Gasteiger partial charge is 0.493 e. The van der Waals surface area contributed by atoms with E-state index in [2.05, 4.69) is 22.1 Å². The van der Waals surface area contributed by atoms with Crippen molar-refractivity contribution >= 4 is 23.7 Å². The van der Waals surface area contributed by atoms with Gasteiger partial charge in [0, 0.05) is 18.7 Å². The molecule has 1 aliphatic rings. The Morgan fingerprint density at radius 1 is 1.02 bits per heavy atom. The number of ketones is 1. The molecule has 2 atom stereocenters. The van der Waals surface area contributed by atoms with Crippen LogP contribution in [0.1, 0.15) is 70.8 Å². The summed E-state index contributed by atoms with van der Waals surface area (Å²) in [7, 11) is 1.50. The van der Waals surface area contributed by atoms with Crippen LogP contribution in [-0.4, -0.2) is 45.6 Å². The first-order chi connectivity index (χ1) is 20.2. The lowest BCUT2D eigenvalue weighted by Crippen LogP contribution is -2.46. The molecule has 1 aromatic heterocycles. The predicted octanol–water partition coefficient (Wildman–Crippen LogP) is 4.07. The van der Waals surface area contributed by atoms with Gasteiger partial charge in [0.2, 0.25) is 23.6 Å². The van der Waals surface area contributed by atoms with Crippen molar-refractivity contribution in [2.45, 2.75) is 51.1 Å². The molecule has 1 heterocycles. The lowest BCUT2D eigenvalue weighted by atomic mass is 9.90. The number of nitrogens with zero attached hydrogens (tertiary/aromatic N) is 2. The van der Waals surface area contributed by atoms with E-state index in [0.717, 1.165) is 41.5 Å². The highest BCUT2D eigenvalue weighted by molar-refractivity contribution is 6.05. The molecule has 1 saturated carbocycles. The molecule has 5 N–H and O–H groups in total. The first kappa shape index (κ1) is 29.9. The summed E-state index contributed by atoms with van der Waals surface area (Å²) in [5.74, 6) is -2.14. The number of nitrogens with one attached hydrogen (secondary N) is 3. The summed E-state index contributed by atoms with van der Waals surface area (Å²) in [6.45, 7) is 1.54. The summed E-state index contributed by atoms with van der Waals surface area (Å²) in [5, 5.41) is 35.8. The molecule has 42 heavy (non-hydrogen) atoms. The molecule has 1 fully saturated rings. The topological polar surface area (TPSA) is 156 Å². The number of aromatic hydroxyl groups is 2. The van der Waals surface area contributed by atoms with Crippen molar-refractivity contribution < 1.29 is 24.6 Å². The molecular weight excluding hydrogens is 534 g/mol. The number of hydrogen-bond donors (Lipinski definition) is 5. The van der Waals surface area contributed by atoms with Crippen molar-refractivity contribution in [1.29, 1.82) is 5.26 Å². The fourth-order valence-corrected chi connectivity index (χ4v) is 5.43. The first-order valence-electron chi connectivity index (χ1n) is 13.9. The molecule has 0 unspecified atom stereocenters. The third kappa shape index (κ3) is 6.81. The van der Waals surface area contributed by atoms with Crippen molar-refractivity contribution in [2.75, 3.05) is 12.5 Å². The Hall–Kier alpha value is -5.04. The van der Waals surface area contributed by atoms with Gasteiger partial charge in [-0.1, -0.05) is 55.3 Å². The SMILES string of the molecule is CNn1c(O)c(C)c(C(=O)[C@@H](NC(=O)C[C@H](NC(=O)C=Cc2ccc(C#N)cc2)c2ccccc2)C2CCCC2)c1O. The number of hydrogen-bond acceptors (Lipinski definition) is 7. The molecular formula is C32H35N5O5. The molecule has 0 aliphatic heterocycles. The van der Waals surface area contributed by atoms with Gasteiger partial charge in [-0.15, -0.1) is 0 Å². The normalized spacial score (nSPS) is 14.7. The van der Waals surface area contributed by atoms with E-state index in [1.807, 2.05) is 30.3 Å². The second kappa shape index (κ2) is 13.5. The fourth-order valence-electron chi connectivity index (χ4n) is 5.43. The van der Waals surface area contributed by atoms with Gasteiger partial charge in [-0.3, -0.25) is 14.4 Å². The highest BCUT2D eigenvalue weighted by Gasteiger charge is 2.37. The average molecular weight is 570 g/mol. The Morgan fingerprint density at radius 2 is 1.69 bits per heavy atom. The zero-order valence-corrected chi connectivity index (χ0v) is 23.6. The van der Waals surface area contributed by atoms with Crippen molar-refractivity contribution in [3.63, 3.8) is 0 Å². The minimum Gasteiger partial charge on any atom is -0.493 e. The van der Waals surface area contributed by atoms with Crippen LogP contribution in [0.2, 0.25) is 0 Å². The van der Waals surface area contributed by atoms with Crippen LogP contribution in [0.15, 0.2) is 60.7 Å². The number of carbonyl (C=O) groups is 3. The van der Waals surface area contributed by atoms with Crippen LogP contribution < -0.4 is 16.1 Å². The van der Waals surface area contributed by atoms with E-state index in [4.69, 9.17) is 5.26 Å². The van der Waals surface area contributed by atoms with E-state index in [-0.39, 0.29) is 29.3 Å². The van der Waals surface area contributed by atoms with Crippen LogP contribution in [-0.2, 0) is 9.59 Å². The Bertz CT molecular complexity index is 1500. The van der Waals surface area contributed by atoms with Gasteiger partial charge in [0.1, 0.15) is 0 Å². The second-order valence-electron chi connectivity index (χ2n) is 10.4. The van der Waals surface area contributed by atoms with E-state index >= 15 is 0 Å². The number of aromatic nitrogens is 1. The minimum absolute atomic E-state index is 0.0418. The quantitative estimate of drug-likeness (QED) is 0.172. The van der Waals surface area contributed by atoms with Crippen molar-refractivity contribution in [2.24, 2.45) is 5.92 Å². The first-order valence-corrected chi connectivity index (χ1v) is 13.9. The summed E-state index contributed by atoms with van der Waals surface area (Å²) in [6, 6.07) is 16.3. The van der Waals surface area contributed by atoms with Crippen molar-refractivity contribution in [3.05, 3.63) is 88.5 Å². The zero-order valence-electron chi connectivity index (χ0n) is 23.6. The summed E-state index contributed by atoms with van der Waals surface area (Å²) in [5.41, 5.74) is 4.79. The summed E-state index contributed by atoms with van der Waals surface area (Å²) < 4.78 is 1.02. The summed E-state index contributed by atoms with van der Waals surface area (Å²) >= 11 is 0. The Kier molecular flexibility index (Phi) is 9.65. The van der Waals surface area contributed by atoms with Crippen LogP contribution in [0.5, 0.6) is 11.8 Å². The third-order valence-corrected chi connectivity index (χ3v) is 7.67. The smallest absolute Gasteiger partial charge is 0.244 e. The molecule has 10 heteroatoms. The van der Waals surface area contributed by atoms with Gasteiger partial charge in [0.25, 0.3) is 0 Å². The summed E-state index contributed by atoms with van der Waals surface area (Å²) in [6.07, 6.45) is 6.20. The van der Waals surface area contributed by atoms with Crippen LogP contribution in [0.25, 0.3) is 6.08 Å². The van der Waals surface area contributed by atoms with E-state index in [0.29, 0.717) is 5.56 Å². The van der Waals surface area contributed by atoms with Gasteiger partial charge >= 0.3 is 0 Å². The van der Waals surface area contributed by atoms with Gasteiger partial charge in [-0.25, -0.2) is 0 Å². The molecule has 2 aromatic carbocycles. The molecule has 218 valence electrons. The van der Waals surface area contributed by atoms with E-state index in [1.165, 1.54) is 20.0 Å². The maximum atomic E-state index is 13.8. The number of Topliss-reactive ketones (excluding diaryl/α,β-unsaturated/α-hetero) is 1. The monoisotopic (exact) mass is 569 g/mol. The van der Waals surface area contributed by atoms with Crippen molar-refractivity contribution in [1.82, 2.24) is 15.3 Å². The van der Waals surface area contributed by atoms with Crippen LogP contribution >= 0.6 is 0 Å². The Labute approximate surface area is 244 Å². The van der Waals surface area contributed by atoms with Gasteiger partial charge in [0.15, 0.2) is 5.78 Å². The van der Waals surface area contributed by atoms with Gasteiger partial charge in [0.05, 0.1) is 35.7 Å². The van der Waals surface area contributed by atoms with Crippen LogP contribution in [0.3, 0.4) is 0 Å². The highest BCUT2D eigenvalue weighted by Crippen LogP contribution is 2.36. The fraction of sp³-hybridized carbons (Fsp3) is 0.312. The zero-order chi connectivity index (χ0) is 30.2. The predicted molar refractivity (Wildman–Crippen MR) is 158 cm³/mol. The van der Waals surface area contributed by atoms with Gasteiger partial charge in [-0.2, -0.15) is 9.94 Å². The maximum absolute atomic E-state index is 13.8. The van der Waals surface area contributed by atoms with Crippen LogP contribution in [0.4, 0.5) is 0 Å². The number of rotatable bonds is 11. The lowest BCUT2D eigenvalue weighted by Gasteiger charge is -2.25. The van der Waals surface area contributed by atoms with Gasteiger partial charge < -0.3 is 26.3 Å². The molecule has 3 aromatic rings. The van der Waals surface area contributed by atoms with E-state index < -0.39 is 35.6 Å².